The number of rotatable bonds is 2. The molecule has 4 heteroatoms. The Bertz CT molecular complexity index is 196. The molecule has 0 aromatic carbocycles. The van der Waals surface area contributed by atoms with Crippen molar-refractivity contribution in [3.63, 3.8) is 0 Å². The maximum absolute atomic E-state index is 10.9. The Morgan fingerprint density at radius 3 is 2.25 bits per heavy atom. The molecule has 1 aliphatic rings. The number of esters is 2. The molecule has 0 aromatic heterocycles. The summed E-state index contributed by atoms with van der Waals surface area (Å²) < 4.78 is 4.93. The lowest BCUT2D eigenvalue weighted by molar-refractivity contribution is -0.898. The highest BCUT2D eigenvalue weighted by molar-refractivity contribution is 5.88. The molecule has 0 radical (unpaired) electrons. The van der Waals surface area contributed by atoms with Crippen LogP contribution in [-0.4, -0.2) is 43.1 Å². The van der Waals surface area contributed by atoms with Gasteiger partial charge in [0.2, 0.25) is 0 Å². The number of carbonyl (C=O) groups is 2. The molecule has 1 heterocycles. The number of nitrogens with zero attached hydrogens (tertiary/aromatic N) is 1. The molecule has 1 fully saturated rings. The average molecular weight is 172 g/mol. The van der Waals surface area contributed by atoms with Gasteiger partial charge in [0, 0.05) is 0 Å². The first-order valence-electron chi connectivity index (χ1n) is 4.13. The third-order valence-corrected chi connectivity index (χ3v) is 2.01. The number of likely N-dealkylation sites (N-methyl/N-ethyl adjacent to an activating group) is 1. The fourth-order valence-corrected chi connectivity index (χ4v) is 1.57. The van der Waals surface area contributed by atoms with Gasteiger partial charge in [0.25, 0.3) is 0 Å². The zero-order valence-corrected chi connectivity index (χ0v) is 7.50. The van der Waals surface area contributed by atoms with Crippen LogP contribution in [0, 0.1) is 0 Å². The van der Waals surface area contributed by atoms with Gasteiger partial charge in [-0.2, -0.15) is 0 Å². The standard InChI is InChI=1S/C8H14NO3/c1-3-4-9(2)5-7(10)12-8(11)6-9/h3-6H2,1-2H3/q+1. The quantitative estimate of drug-likeness (QED) is 0.332. The molecule has 0 unspecified atom stereocenters. The monoisotopic (exact) mass is 172 g/mol. The van der Waals surface area contributed by atoms with Gasteiger partial charge in [-0.3, -0.25) is 0 Å². The molecule has 1 aliphatic heterocycles. The first-order chi connectivity index (χ1) is 5.56. The fraction of sp³-hybridized carbons (Fsp3) is 0.750. The number of ether oxygens (including phenoxy) is 1. The van der Waals surface area contributed by atoms with E-state index < -0.39 is 11.9 Å². The lowest BCUT2D eigenvalue weighted by Gasteiger charge is -2.34. The van der Waals surface area contributed by atoms with Crippen molar-refractivity contribution in [2.75, 3.05) is 26.7 Å². The van der Waals surface area contributed by atoms with Gasteiger partial charge in [-0.05, 0) is 6.42 Å². The Balaban J connectivity index is 2.64. The molecular formula is C8H14NO3+. The zero-order valence-electron chi connectivity index (χ0n) is 7.50. The van der Waals surface area contributed by atoms with E-state index in [0.29, 0.717) is 17.6 Å². The van der Waals surface area contributed by atoms with Crippen LogP contribution in [0.5, 0.6) is 0 Å². The maximum atomic E-state index is 10.9. The molecule has 0 saturated carbocycles. The van der Waals surface area contributed by atoms with Crippen LogP contribution in [0.1, 0.15) is 13.3 Å². The predicted octanol–water partition coefficient (Wildman–Crippen LogP) is -0.0736. The summed E-state index contributed by atoms with van der Waals surface area (Å²) in [7, 11) is 1.90. The molecule has 1 saturated heterocycles. The van der Waals surface area contributed by atoms with Crippen LogP contribution in [0.25, 0.3) is 0 Å². The van der Waals surface area contributed by atoms with Crippen molar-refractivity contribution < 1.29 is 18.8 Å². The second-order valence-electron chi connectivity index (χ2n) is 3.51. The molecule has 4 nitrogen and oxygen atoms in total. The highest BCUT2D eigenvalue weighted by atomic mass is 16.6. The number of hydrogen-bond acceptors (Lipinski definition) is 3. The van der Waals surface area contributed by atoms with Crippen LogP contribution in [0.4, 0.5) is 0 Å². The van der Waals surface area contributed by atoms with E-state index in [1.54, 1.807) is 0 Å². The fourth-order valence-electron chi connectivity index (χ4n) is 1.57. The van der Waals surface area contributed by atoms with E-state index in [0.717, 1.165) is 13.0 Å². The number of morpholine rings is 1. The van der Waals surface area contributed by atoms with Crippen LogP contribution < -0.4 is 0 Å². The molecule has 1 rings (SSSR count). The van der Waals surface area contributed by atoms with Crippen LogP contribution in [0.2, 0.25) is 0 Å². The predicted molar refractivity (Wildman–Crippen MR) is 42.2 cm³/mol. The highest BCUT2D eigenvalue weighted by Gasteiger charge is 2.35. The molecule has 12 heavy (non-hydrogen) atoms. The molecule has 68 valence electrons. The number of cyclic esters (lactones) is 2. The Kier molecular flexibility index (Phi) is 2.47. The lowest BCUT2D eigenvalue weighted by atomic mass is 10.3. The van der Waals surface area contributed by atoms with Crippen LogP contribution >= 0.6 is 0 Å². The van der Waals surface area contributed by atoms with Crippen molar-refractivity contribution in [2.45, 2.75) is 13.3 Å². The number of quaternary nitrogens is 1. The summed E-state index contributed by atoms with van der Waals surface area (Å²) in [6.45, 7) is 3.52. The van der Waals surface area contributed by atoms with Crippen molar-refractivity contribution in [1.29, 1.82) is 0 Å². The topological polar surface area (TPSA) is 43.4 Å². The third-order valence-electron chi connectivity index (χ3n) is 2.01. The van der Waals surface area contributed by atoms with E-state index >= 15 is 0 Å². The molecular weight excluding hydrogens is 158 g/mol. The SMILES string of the molecule is CCC[N+]1(C)CC(=O)OC(=O)C1. The number of carbonyl (C=O) groups excluding carboxylic acids is 2. The van der Waals surface area contributed by atoms with Crippen molar-refractivity contribution in [3.05, 3.63) is 0 Å². The second-order valence-corrected chi connectivity index (χ2v) is 3.51. The molecule has 0 aromatic rings. The van der Waals surface area contributed by atoms with Gasteiger partial charge in [-0.1, -0.05) is 6.92 Å². The van der Waals surface area contributed by atoms with E-state index in [4.69, 9.17) is 0 Å². The van der Waals surface area contributed by atoms with Gasteiger partial charge in [-0.25, -0.2) is 9.59 Å². The molecule has 0 aliphatic carbocycles. The van der Waals surface area contributed by atoms with Gasteiger partial charge >= 0.3 is 11.9 Å². The van der Waals surface area contributed by atoms with Crippen molar-refractivity contribution in [2.24, 2.45) is 0 Å². The van der Waals surface area contributed by atoms with Gasteiger partial charge < -0.3 is 9.22 Å². The van der Waals surface area contributed by atoms with Crippen molar-refractivity contribution in [1.82, 2.24) is 0 Å². The lowest BCUT2D eigenvalue weighted by Crippen LogP contribution is -2.56. The molecule has 0 atom stereocenters. The van der Waals surface area contributed by atoms with Crippen LogP contribution in [0.15, 0.2) is 0 Å². The Morgan fingerprint density at radius 2 is 1.83 bits per heavy atom. The van der Waals surface area contributed by atoms with Crippen molar-refractivity contribution in [3.8, 4) is 0 Å². The first kappa shape index (κ1) is 9.19. The minimum atomic E-state index is -0.401. The summed E-state index contributed by atoms with van der Waals surface area (Å²) in [5, 5.41) is 0. The average Bonchev–Trinajstić information content (AvgIpc) is 1.82. The zero-order chi connectivity index (χ0) is 9.19. The second kappa shape index (κ2) is 3.23. The van der Waals surface area contributed by atoms with Gasteiger partial charge in [-0.15, -0.1) is 0 Å². The van der Waals surface area contributed by atoms with E-state index in [-0.39, 0.29) is 0 Å². The normalized spacial score (nSPS) is 22.2. The van der Waals surface area contributed by atoms with Gasteiger partial charge in [0.1, 0.15) is 0 Å². The van der Waals surface area contributed by atoms with E-state index in [9.17, 15) is 9.59 Å². The summed E-state index contributed by atoms with van der Waals surface area (Å²) in [5.74, 6) is -0.801. The summed E-state index contributed by atoms with van der Waals surface area (Å²) in [5.41, 5.74) is 0. The third kappa shape index (κ3) is 2.04. The van der Waals surface area contributed by atoms with E-state index in [1.807, 2.05) is 14.0 Å². The molecule has 0 bridgehead atoms. The largest absolute Gasteiger partial charge is 0.385 e. The Hall–Kier alpha value is -0.900. The van der Waals surface area contributed by atoms with Crippen LogP contribution in [0.3, 0.4) is 0 Å². The van der Waals surface area contributed by atoms with E-state index in [2.05, 4.69) is 4.74 Å². The van der Waals surface area contributed by atoms with Crippen molar-refractivity contribution >= 4 is 11.9 Å². The summed E-state index contributed by atoms with van der Waals surface area (Å²) in [4.78, 5) is 21.8. The van der Waals surface area contributed by atoms with E-state index in [1.165, 1.54) is 0 Å². The number of hydrogen-bond donors (Lipinski definition) is 0. The summed E-state index contributed by atoms with van der Waals surface area (Å²) >= 11 is 0. The Morgan fingerprint density at radius 1 is 1.33 bits per heavy atom. The Labute approximate surface area is 71.7 Å². The summed E-state index contributed by atoms with van der Waals surface area (Å²) in [6, 6.07) is 0. The molecule has 0 spiro atoms. The smallest absolute Gasteiger partial charge is 0.369 e. The summed E-state index contributed by atoms with van der Waals surface area (Å²) in [6.07, 6.45) is 0.969. The maximum Gasteiger partial charge on any atom is 0.369 e. The van der Waals surface area contributed by atoms with Crippen LogP contribution in [-0.2, 0) is 14.3 Å². The van der Waals surface area contributed by atoms with Gasteiger partial charge in [0.05, 0.1) is 13.6 Å². The van der Waals surface area contributed by atoms with Gasteiger partial charge in [0.15, 0.2) is 13.1 Å². The molecule has 0 amide bonds. The molecule has 0 N–H and O–H groups in total. The minimum Gasteiger partial charge on any atom is -0.385 e. The first-order valence-corrected chi connectivity index (χ1v) is 4.13. The highest BCUT2D eigenvalue weighted by Crippen LogP contribution is 2.09. The minimum absolute atomic E-state index is 0.319.